The highest BCUT2D eigenvalue weighted by atomic mass is 16.6. The highest BCUT2D eigenvalue weighted by Crippen LogP contribution is 2.46. The molecule has 3 aliphatic rings. The number of hydrogen-bond donors (Lipinski definition) is 0. The van der Waals surface area contributed by atoms with E-state index in [1.807, 2.05) is 23.1 Å². The smallest absolute Gasteiger partial charge is 0.307 e. The molecule has 5 nitrogen and oxygen atoms in total. The molecule has 2 aliphatic heterocycles. The zero-order chi connectivity index (χ0) is 18.7. The zero-order valence-corrected chi connectivity index (χ0v) is 15.8. The second-order valence-corrected chi connectivity index (χ2v) is 7.94. The van der Waals surface area contributed by atoms with Crippen LogP contribution < -0.4 is 0 Å². The van der Waals surface area contributed by atoms with Crippen molar-refractivity contribution in [1.29, 1.82) is 0 Å². The van der Waals surface area contributed by atoms with Gasteiger partial charge in [-0.05, 0) is 31.2 Å². The van der Waals surface area contributed by atoms with Crippen molar-refractivity contribution in [2.24, 2.45) is 5.92 Å². The normalized spacial score (nSPS) is 25.4. The van der Waals surface area contributed by atoms with Crippen molar-refractivity contribution < 1.29 is 14.3 Å². The van der Waals surface area contributed by atoms with Gasteiger partial charge in [0.1, 0.15) is 5.60 Å². The van der Waals surface area contributed by atoms with Crippen molar-refractivity contribution in [2.75, 3.05) is 32.7 Å². The maximum Gasteiger partial charge on any atom is 0.307 e. The summed E-state index contributed by atoms with van der Waals surface area (Å²) < 4.78 is 5.64. The standard InChI is InChI=1S/C22H28N2O3/c25-20-17-19(22(27-20)10-4-5-11-22)21(26)24-15-13-23(14-16-24)12-6-9-18-7-2-1-3-8-18/h1-3,6-9,19H,4-5,10-17H2. The van der Waals surface area contributed by atoms with Gasteiger partial charge in [0.15, 0.2) is 0 Å². The monoisotopic (exact) mass is 368 g/mol. The van der Waals surface area contributed by atoms with Crippen LogP contribution in [0, 0.1) is 5.92 Å². The molecule has 3 fully saturated rings. The maximum atomic E-state index is 13.1. The van der Waals surface area contributed by atoms with Crippen LogP contribution >= 0.6 is 0 Å². The molecule has 144 valence electrons. The van der Waals surface area contributed by atoms with Gasteiger partial charge in [-0.25, -0.2) is 0 Å². The molecule has 0 N–H and O–H groups in total. The van der Waals surface area contributed by atoms with Crippen LogP contribution in [0.3, 0.4) is 0 Å². The van der Waals surface area contributed by atoms with E-state index in [0.717, 1.165) is 58.4 Å². The van der Waals surface area contributed by atoms with Gasteiger partial charge < -0.3 is 9.64 Å². The summed E-state index contributed by atoms with van der Waals surface area (Å²) >= 11 is 0. The Morgan fingerprint density at radius 1 is 1.11 bits per heavy atom. The van der Waals surface area contributed by atoms with Crippen LogP contribution in [0.4, 0.5) is 0 Å². The third-order valence-corrected chi connectivity index (χ3v) is 6.23. The molecule has 1 saturated carbocycles. The molecule has 27 heavy (non-hydrogen) atoms. The van der Waals surface area contributed by atoms with Crippen molar-refractivity contribution in [2.45, 2.75) is 37.7 Å². The number of carbonyl (C=O) groups is 2. The number of carbonyl (C=O) groups excluding carboxylic acids is 2. The molecule has 4 rings (SSSR count). The van der Waals surface area contributed by atoms with Crippen LogP contribution in [-0.2, 0) is 14.3 Å². The van der Waals surface area contributed by atoms with Crippen molar-refractivity contribution in [3.8, 4) is 0 Å². The zero-order valence-electron chi connectivity index (χ0n) is 15.8. The fraction of sp³-hybridized carbons (Fsp3) is 0.545. The van der Waals surface area contributed by atoms with Gasteiger partial charge in [-0.3, -0.25) is 14.5 Å². The Morgan fingerprint density at radius 3 is 2.52 bits per heavy atom. The number of piperazine rings is 1. The number of ether oxygens (including phenoxy) is 1. The predicted molar refractivity (Wildman–Crippen MR) is 104 cm³/mol. The lowest BCUT2D eigenvalue weighted by Gasteiger charge is -2.37. The maximum absolute atomic E-state index is 13.1. The number of nitrogens with zero attached hydrogens (tertiary/aromatic N) is 2. The minimum atomic E-state index is -0.496. The highest BCUT2D eigenvalue weighted by Gasteiger charge is 2.54. The number of esters is 1. The van der Waals surface area contributed by atoms with E-state index in [1.165, 1.54) is 5.56 Å². The summed E-state index contributed by atoms with van der Waals surface area (Å²) in [7, 11) is 0. The number of amides is 1. The summed E-state index contributed by atoms with van der Waals surface area (Å²) in [4.78, 5) is 29.3. The van der Waals surface area contributed by atoms with Gasteiger partial charge in [0.05, 0.1) is 12.3 Å². The Labute approximate surface area is 161 Å². The van der Waals surface area contributed by atoms with E-state index >= 15 is 0 Å². The van der Waals surface area contributed by atoms with Crippen molar-refractivity contribution in [1.82, 2.24) is 9.80 Å². The first-order valence-electron chi connectivity index (χ1n) is 10.1. The van der Waals surface area contributed by atoms with E-state index < -0.39 is 5.60 Å². The van der Waals surface area contributed by atoms with Gasteiger partial charge in [-0.15, -0.1) is 0 Å². The number of rotatable bonds is 4. The Kier molecular flexibility index (Phi) is 5.30. The lowest BCUT2D eigenvalue weighted by atomic mass is 9.84. The van der Waals surface area contributed by atoms with Crippen LogP contribution in [-0.4, -0.2) is 60.0 Å². The average molecular weight is 368 g/mol. The average Bonchev–Trinajstić information content (AvgIpc) is 3.29. The summed E-state index contributed by atoms with van der Waals surface area (Å²) in [6.45, 7) is 4.11. The molecule has 1 aliphatic carbocycles. The molecular formula is C22H28N2O3. The van der Waals surface area contributed by atoms with E-state index in [9.17, 15) is 9.59 Å². The van der Waals surface area contributed by atoms with Gasteiger partial charge in [0.2, 0.25) is 5.91 Å². The van der Waals surface area contributed by atoms with Crippen molar-refractivity contribution in [3.05, 3.63) is 42.0 Å². The van der Waals surface area contributed by atoms with E-state index in [0.29, 0.717) is 0 Å². The quantitative estimate of drug-likeness (QED) is 0.767. The summed E-state index contributed by atoms with van der Waals surface area (Å²) in [5, 5.41) is 0. The molecule has 0 bridgehead atoms. The Balaban J connectivity index is 1.29. The predicted octanol–water partition coefficient (Wildman–Crippen LogP) is 2.72. The van der Waals surface area contributed by atoms with E-state index in [1.54, 1.807) is 0 Å². The minimum Gasteiger partial charge on any atom is -0.458 e. The van der Waals surface area contributed by atoms with Gasteiger partial charge in [-0.1, -0.05) is 42.5 Å². The van der Waals surface area contributed by atoms with Crippen LogP contribution in [0.25, 0.3) is 6.08 Å². The molecule has 2 heterocycles. The summed E-state index contributed by atoms with van der Waals surface area (Å²) in [5.41, 5.74) is 0.711. The van der Waals surface area contributed by atoms with Crippen LogP contribution in [0.2, 0.25) is 0 Å². The molecule has 1 atom stereocenters. The lowest BCUT2D eigenvalue weighted by molar-refractivity contribution is -0.152. The minimum absolute atomic E-state index is 0.127. The molecule has 2 saturated heterocycles. The number of hydrogen-bond acceptors (Lipinski definition) is 4. The third-order valence-electron chi connectivity index (χ3n) is 6.23. The molecule has 1 aromatic carbocycles. The van der Waals surface area contributed by atoms with Crippen LogP contribution in [0.1, 0.15) is 37.7 Å². The van der Waals surface area contributed by atoms with Gasteiger partial charge in [0.25, 0.3) is 0 Å². The molecule has 1 unspecified atom stereocenters. The summed E-state index contributed by atoms with van der Waals surface area (Å²) in [5.74, 6) is -0.334. The molecule has 0 radical (unpaired) electrons. The van der Waals surface area contributed by atoms with Crippen LogP contribution in [0.5, 0.6) is 0 Å². The SMILES string of the molecule is O=C1CC(C(=O)N2CCN(CC=Cc3ccccc3)CC2)C2(CCCC2)O1. The second-order valence-electron chi connectivity index (χ2n) is 7.94. The topological polar surface area (TPSA) is 49.9 Å². The fourth-order valence-corrected chi connectivity index (χ4v) is 4.70. The highest BCUT2D eigenvalue weighted by molar-refractivity contribution is 5.88. The van der Waals surface area contributed by atoms with E-state index in [4.69, 9.17) is 4.74 Å². The third kappa shape index (κ3) is 3.93. The molecule has 1 aromatic rings. The first kappa shape index (κ1) is 18.2. The van der Waals surface area contributed by atoms with Crippen molar-refractivity contribution >= 4 is 18.0 Å². The number of benzene rings is 1. The van der Waals surface area contributed by atoms with Gasteiger partial charge in [0, 0.05) is 32.7 Å². The molecular weight excluding hydrogens is 340 g/mol. The van der Waals surface area contributed by atoms with E-state index in [2.05, 4.69) is 29.2 Å². The Hall–Kier alpha value is -2.14. The molecule has 5 heteroatoms. The lowest BCUT2D eigenvalue weighted by Crippen LogP contribution is -2.52. The van der Waals surface area contributed by atoms with Crippen LogP contribution in [0.15, 0.2) is 36.4 Å². The van der Waals surface area contributed by atoms with E-state index in [-0.39, 0.29) is 24.2 Å². The Bertz CT molecular complexity index is 702. The van der Waals surface area contributed by atoms with Crippen molar-refractivity contribution in [3.63, 3.8) is 0 Å². The molecule has 1 amide bonds. The Morgan fingerprint density at radius 2 is 1.81 bits per heavy atom. The summed E-state index contributed by atoms with van der Waals surface area (Å²) in [6.07, 6.45) is 8.39. The molecule has 0 aromatic heterocycles. The molecule has 1 spiro atoms. The first-order chi connectivity index (χ1) is 13.2. The first-order valence-corrected chi connectivity index (χ1v) is 10.1. The second kappa shape index (κ2) is 7.85. The summed E-state index contributed by atoms with van der Waals surface area (Å²) in [6, 6.07) is 10.3. The van der Waals surface area contributed by atoms with Gasteiger partial charge in [-0.2, -0.15) is 0 Å². The van der Waals surface area contributed by atoms with Gasteiger partial charge >= 0.3 is 5.97 Å². The fourth-order valence-electron chi connectivity index (χ4n) is 4.70. The largest absolute Gasteiger partial charge is 0.458 e.